The van der Waals surface area contributed by atoms with E-state index in [1.807, 2.05) is 65.6 Å². The van der Waals surface area contributed by atoms with Gasteiger partial charge >= 0.3 is 0 Å². The normalized spacial score (nSPS) is 16.3. The first-order valence-corrected chi connectivity index (χ1v) is 13.7. The van der Waals surface area contributed by atoms with Crippen LogP contribution < -0.4 is 5.56 Å². The van der Waals surface area contributed by atoms with Crippen molar-refractivity contribution < 1.29 is 9.53 Å². The number of fused-ring (bicyclic) bond motifs is 3. The summed E-state index contributed by atoms with van der Waals surface area (Å²) in [4.78, 5) is 38.1. The standard InChI is InChI=1S/C29H30N4O3S/c34-28(25(21-7-3-1-4-8-21)22-9-5-2-6-10-22)32-12-11-23-24(19-32)37-27-26(23)29(35)33(20-30-27)14-13-31-15-17-36-18-16-31/h1-10,20,25H,11-19H2. The van der Waals surface area contributed by atoms with E-state index in [0.717, 1.165) is 64.6 Å². The van der Waals surface area contributed by atoms with Crippen LogP contribution in [0.1, 0.15) is 27.5 Å². The number of amides is 1. The number of morpholine rings is 1. The van der Waals surface area contributed by atoms with Gasteiger partial charge in [0.05, 0.1) is 37.4 Å². The lowest BCUT2D eigenvalue weighted by Crippen LogP contribution is -2.39. The fraction of sp³-hybridized carbons (Fsp3) is 0.345. The third-order valence-electron chi connectivity index (χ3n) is 7.41. The van der Waals surface area contributed by atoms with Crippen LogP contribution in [0.15, 0.2) is 71.8 Å². The molecule has 6 rings (SSSR count). The van der Waals surface area contributed by atoms with Crippen molar-refractivity contribution in [3.05, 3.63) is 98.9 Å². The Morgan fingerprint density at radius 2 is 1.62 bits per heavy atom. The summed E-state index contributed by atoms with van der Waals surface area (Å²) in [6.07, 6.45) is 2.35. The monoisotopic (exact) mass is 514 g/mol. The fourth-order valence-electron chi connectivity index (χ4n) is 5.39. The van der Waals surface area contributed by atoms with Crippen molar-refractivity contribution in [1.82, 2.24) is 19.4 Å². The molecule has 2 aliphatic rings. The number of nitrogens with zero attached hydrogens (tertiary/aromatic N) is 4. The second-order valence-corrected chi connectivity index (χ2v) is 10.7. The molecule has 8 heteroatoms. The maximum atomic E-state index is 13.9. The lowest BCUT2D eigenvalue weighted by molar-refractivity contribution is -0.132. The summed E-state index contributed by atoms with van der Waals surface area (Å²) in [7, 11) is 0. The number of benzene rings is 2. The molecule has 1 amide bonds. The average molecular weight is 515 g/mol. The highest BCUT2D eigenvalue weighted by Gasteiger charge is 2.32. The second-order valence-electron chi connectivity index (χ2n) is 9.65. The average Bonchev–Trinajstić information content (AvgIpc) is 3.33. The Balaban J connectivity index is 1.26. The van der Waals surface area contributed by atoms with Crippen LogP contribution >= 0.6 is 11.3 Å². The van der Waals surface area contributed by atoms with Crippen molar-refractivity contribution in [2.75, 3.05) is 39.4 Å². The Hall–Kier alpha value is -3.33. The minimum atomic E-state index is -0.353. The quantitative estimate of drug-likeness (QED) is 0.394. The number of ether oxygens (including phenoxy) is 1. The first kappa shape index (κ1) is 24.0. The minimum absolute atomic E-state index is 0.0296. The first-order valence-electron chi connectivity index (χ1n) is 12.9. The van der Waals surface area contributed by atoms with E-state index in [1.165, 1.54) is 0 Å². The summed E-state index contributed by atoms with van der Waals surface area (Å²) in [5.41, 5.74) is 3.08. The van der Waals surface area contributed by atoms with Gasteiger partial charge in [0, 0.05) is 37.6 Å². The van der Waals surface area contributed by atoms with Gasteiger partial charge in [0.15, 0.2) is 0 Å². The van der Waals surface area contributed by atoms with Gasteiger partial charge in [-0.1, -0.05) is 60.7 Å². The maximum Gasteiger partial charge on any atom is 0.262 e. The van der Waals surface area contributed by atoms with E-state index in [4.69, 9.17) is 4.74 Å². The van der Waals surface area contributed by atoms with Crippen molar-refractivity contribution in [3.8, 4) is 0 Å². The molecule has 37 heavy (non-hydrogen) atoms. The first-order chi connectivity index (χ1) is 18.2. The van der Waals surface area contributed by atoms with Crippen molar-refractivity contribution in [1.29, 1.82) is 0 Å². The van der Waals surface area contributed by atoms with Crippen LogP contribution in [0.5, 0.6) is 0 Å². The molecule has 0 aliphatic carbocycles. The van der Waals surface area contributed by atoms with Crippen LogP contribution in [-0.2, 0) is 29.0 Å². The van der Waals surface area contributed by atoms with Crippen molar-refractivity contribution in [2.24, 2.45) is 0 Å². The molecule has 0 bridgehead atoms. The van der Waals surface area contributed by atoms with Gasteiger partial charge in [-0.3, -0.25) is 19.1 Å². The van der Waals surface area contributed by atoms with Gasteiger partial charge < -0.3 is 9.64 Å². The van der Waals surface area contributed by atoms with Crippen LogP contribution in [0, 0.1) is 0 Å². The summed E-state index contributed by atoms with van der Waals surface area (Å²) in [6, 6.07) is 20.0. The predicted molar refractivity (Wildman–Crippen MR) is 145 cm³/mol. The zero-order valence-corrected chi connectivity index (χ0v) is 21.5. The van der Waals surface area contributed by atoms with Gasteiger partial charge in [-0.2, -0.15) is 0 Å². The number of thiophene rings is 1. The van der Waals surface area contributed by atoms with E-state index >= 15 is 0 Å². The van der Waals surface area contributed by atoms with Crippen molar-refractivity contribution >= 4 is 27.5 Å². The van der Waals surface area contributed by atoms with Crippen LogP contribution in [0.25, 0.3) is 10.2 Å². The molecule has 2 aliphatic heterocycles. The van der Waals surface area contributed by atoms with Gasteiger partial charge in [0.25, 0.3) is 5.56 Å². The molecule has 2 aromatic carbocycles. The molecule has 0 spiro atoms. The third kappa shape index (κ3) is 4.84. The van der Waals surface area contributed by atoms with Crippen molar-refractivity contribution in [2.45, 2.75) is 25.4 Å². The summed E-state index contributed by atoms with van der Waals surface area (Å²) in [5.74, 6) is -0.259. The SMILES string of the molecule is O=C(C(c1ccccc1)c1ccccc1)N1CCc2c(sc3ncn(CCN4CCOCC4)c(=O)c23)C1. The Morgan fingerprint density at radius 1 is 0.946 bits per heavy atom. The highest BCUT2D eigenvalue weighted by Crippen LogP contribution is 2.35. The van der Waals surface area contributed by atoms with E-state index in [0.29, 0.717) is 26.1 Å². The number of rotatable bonds is 6. The predicted octanol–water partition coefficient (Wildman–Crippen LogP) is 3.51. The summed E-state index contributed by atoms with van der Waals surface area (Å²) < 4.78 is 7.17. The molecule has 1 fully saturated rings. The van der Waals surface area contributed by atoms with E-state index in [2.05, 4.69) is 9.88 Å². The van der Waals surface area contributed by atoms with Crippen LogP contribution in [-0.4, -0.2) is 64.7 Å². The highest BCUT2D eigenvalue weighted by atomic mass is 32.1. The van der Waals surface area contributed by atoms with E-state index < -0.39 is 0 Å². The summed E-state index contributed by atoms with van der Waals surface area (Å²) >= 11 is 1.55. The second kappa shape index (κ2) is 10.6. The molecular weight excluding hydrogens is 484 g/mol. The number of hydrogen-bond acceptors (Lipinski definition) is 6. The van der Waals surface area contributed by atoms with Crippen LogP contribution in [0.3, 0.4) is 0 Å². The van der Waals surface area contributed by atoms with E-state index in [9.17, 15) is 9.59 Å². The van der Waals surface area contributed by atoms with Gasteiger partial charge in [0.2, 0.25) is 5.91 Å². The number of carbonyl (C=O) groups excluding carboxylic acids is 1. The topological polar surface area (TPSA) is 67.7 Å². The molecule has 0 unspecified atom stereocenters. The van der Waals surface area contributed by atoms with E-state index in [-0.39, 0.29) is 17.4 Å². The minimum Gasteiger partial charge on any atom is -0.379 e. The molecule has 4 aromatic rings. The fourth-order valence-corrected chi connectivity index (χ4v) is 6.58. The Kier molecular flexibility index (Phi) is 6.87. The molecule has 190 valence electrons. The number of hydrogen-bond donors (Lipinski definition) is 0. The smallest absolute Gasteiger partial charge is 0.262 e. The molecule has 0 atom stereocenters. The molecule has 0 N–H and O–H groups in total. The van der Waals surface area contributed by atoms with Crippen molar-refractivity contribution in [3.63, 3.8) is 0 Å². The molecule has 2 aromatic heterocycles. The highest BCUT2D eigenvalue weighted by molar-refractivity contribution is 7.18. The summed E-state index contributed by atoms with van der Waals surface area (Å²) in [5, 5.41) is 0.735. The lowest BCUT2D eigenvalue weighted by atomic mass is 9.89. The zero-order valence-electron chi connectivity index (χ0n) is 20.7. The largest absolute Gasteiger partial charge is 0.379 e. The maximum absolute atomic E-state index is 13.9. The van der Waals surface area contributed by atoms with Crippen LogP contribution in [0.2, 0.25) is 0 Å². The third-order valence-corrected chi connectivity index (χ3v) is 8.54. The Morgan fingerprint density at radius 3 is 2.30 bits per heavy atom. The molecule has 1 saturated heterocycles. The van der Waals surface area contributed by atoms with Gasteiger partial charge in [-0.25, -0.2) is 4.98 Å². The lowest BCUT2D eigenvalue weighted by Gasteiger charge is -2.31. The zero-order chi connectivity index (χ0) is 25.2. The molecule has 7 nitrogen and oxygen atoms in total. The van der Waals surface area contributed by atoms with Gasteiger partial charge in [0.1, 0.15) is 4.83 Å². The van der Waals surface area contributed by atoms with E-state index in [1.54, 1.807) is 22.2 Å². The molecular formula is C29H30N4O3S. The van der Waals surface area contributed by atoms with Gasteiger partial charge in [-0.15, -0.1) is 11.3 Å². The van der Waals surface area contributed by atoms with Crippen LogP contribution in [0.4, 0.5) is 0 Å². The number of aromatic nitrogens is 2. The summed E-state index contributed by atoms with van der Waals surface area (Å²) in [6.45, 7) is 5.82. The number of carbonyl (C=O) groups is 1. The molecule has 4 heterocycles. The Bertz CT molecular complexity index is 1410. The molecule has 0 radical (unpaired) electrons. The van der Waals surface area contributed by atoms with Gasteiger partial charge in [-0.05, 0) is 23.1 Å². The molecule has 0 saturated carbocycles. The Labute approximate surface area is 219 Å².